The van der Waals surface area contributed by atoms with Crippen LogP contribution in [0, 0.1) is 5.92 Å². The fourth-order valence-electron chi connectivity index (χ4n) is 5.19. The number of epoxide rings is 1. The Morgan fingerprint density at radius 3 is 2.67 bits per heavy atom. The number of hydrogen-bond acceptors (Lipinski definition) is 3. The van der Waals surface area contributed by atoms with E-state index in [2.05, 4.69) is 58.9 Å². The van der Waals surface area contributed by atoms with Gasteiger partial charge in [0, 0.05) is 11.8 Å². The first-order valence-corrected chi connectivity index (χ1v) is 12.1. The molecule has 2 fully saturated rings. The van der Waals surface area contributed by atoms with Gasteiger partial charge in [0.1, 0.15) is 11.7 Å². The summed E-state index contributed by atoms with van der Waals surface area (Å²) in [4.78, 5) is 0. The second kappa shape index (κ2) is 8.41. The first-order valence-electron chi connectivity index (χ1n) is 11.1. The lowest BCUT2D eigenvalue weighted by atomic mass is 9.74. The number of rotatable bonds is 5. The molecular formula is C25H34Cl2O3. The minimum atomic E-state index is -0.874. The SMILES string of the molecule is CC(C)=CCCC(C)=C[C@@H]1CC(C)=C[C@]2(C=C(CCl)[C@H]3C[C@@H](Cl)[C@@]4(C)O[C@H]4[C@H]3O2)O1. The third-order valence-electron chi connectivity index (χ3n) is 6.87. The van der Waals surface area contributed by atoms with Crippen LogP contribution in [0.15, 0.2) is 46.6 Å². The highest BCUT2D eigenvalue weighted by atomic mass is 35.5. The van der Waals surface area contributed by atoms with Crippen LogP contribution in [0.3, 0.4) is 0 Å². The molecule has 7 atom stereocenters. The molecule has 0 unspecified atom stereocenters. The maximum atomic E-state index is 6.66. The smallest absolute Gasteiger partial charge is 0.209 e. The molecule has 0 amide bonds. The lowest BCUT2D eigenvalue weighted by Gasteiger charge is -2.47. The average Bonchev–Trinajstić information content (AvgIpc) is 3.35. The highest BCUT2D eigenvalue weighted by Crippen LogP contribution is 2.57. The number of allylic oxidation sites excluding steroid dienone is 3. The zero-order valence-electron chi connectivity index (χ0n) is 18.7. The van der Waals surface area contributed by atoms with Crippen LogP contribution in [0.4, 0.5) is 0 Å². The molecule has 0 aromatic rings. The van der Waals surface area contributed by atoms with Crippen molar-refractivity contribution >= 4 is 23.2 Å². The van der Waals surface area contributed by atoms with E-state index >= 15 is 0 Å². The molecule has 166 valence electrons. The second-order valence-electron chi connectivity index (χ2n) is 9.87. The first kappa shape index (κ1) is 22.6. The monoisotopic (exact) mass is 452 g/mol. The molecule has 0 radical (unpaired) electrons. The van der Waals surface area contributed by atoms with Crippen molar-refractivity contribution in [3.8, 4) is 0 Å². The number of hydrogen-bond donors (Lipinski definition) is 0. The van der Waals surface area contributed by atoms with Crippen molar-refractivity contribution in [3.05, 3.63) is 46.6 Å². The van der Waals surface area contributed by atoms with Crippen molar-refractivity contribution in [2.75, 3.05) is 5.88 Å². The Morgan fingerprint density at radius 2 is 1.97 bits per heavy atom. The molecular weight excluding hydrogens is 419 g/mol. The van der Waals surface area contributed by atoms with Crippen LogP contribution in [0.2, 0.25) is 0 Å². The van der Waals surface area contributed by atoms with Crippen molar-refractivity contribution in [2.45, 2.75) is 95.4 Å². The Bertz CT molecular complexity index is 809. The lowest BCUT2D eigenvalue weighted by Crippen LogP contribution is -2.54. The van der Waals surface area contributed by atoms with Gasteiger partial charge in [-0.2, -0.15) is 0 Å². The van der Waals surface area contributed by atoms with Crippen LogP contribution >= 0.6 is 23.2 Å². The van der Waals surface area contributed by atoms with Crippen LogP contribution in [0.25, 0.3) is 0 Å². The standard InChI is InChI=1S/C25H34Cl2O3/c1-15(2)7-6-8-16(3)9-19-10-17(4)12-25(28-19)13-18(14-26)20-11-21(27)24(5)23(30-24)22(20)29-25/h7,9,12-13,19-23H,6,8,10-11,14H2,1-5H3/t19-,20-,21-,22+,23+,24-,25+/m1/s1. The Hall–Kier alpha value is -0.580. The third-order valence-corrected chi connectivity index (χ3v) is 7.79. The molecule has 0 aromatic heterocycles. The molecule has 1 aliphatic carbocycles. The van der Waals surface area contributed by atoms with E-state index < -0.39 is 5.79 Å². The Kier molecular flexibility index (Phi) is 6.33. The van der Waals surface area contributed by atoms with Crippen LogP contribution in [0.5, 0.6) is 0 Å². The molecule has 0 N–H and O–H groups in total. The fraction of sp³-hybridized carbons (Fsp3) is 0.680. The minimum Gasteiger partial charge on any atom is -0.362 e. The number of halogens is 2. The van der Waals surface area contributed by atoms with Gasteiger partial charge in [-0.25, -0.2) is 0 Å². The molecule has 4 rings (SSSR count). The van der Waals surface area contributed by atoms with Gasteiger partial charge >= 0.3 is 0 Å². The Labute approximate surface area is 191 Å². The summed E-state index contributed by atoms with van der Waals surface area (Å²) in [5.41, 5.74) is 4.84. The summed E-state index contributed by atoms with van der Waals surface area (Å²) in [5, 5.41) is -0.0169. The molecule has 3 nitrogen and oxygen atoms in total. The van der Waals surface area contributed by atoms with E-state index in [0.717, 1.165) is 31.3 Å². The molecule has 0 aromatic carbocycles. The van der Waals surface area contributed by atoms with Crippen LogP contribution in [-0.2, 0) is 14.2 Å². The number of ether oxygens (including phenoxy) is 3. The maximum absolute atomic E-state index is 6.66. The Balaban J connectivity index is 1.56. The van der Waals surface area contributed by atoms with Gasteiger partial charge in [0.15, 0.2) is 0 Å². The van der Waals surface area contributed by atoms with Crippen molar-refractivity contribution in [1.82, 2.24) is 0 Å². The van der Waals surface area contributed by atoms with E-state index in [1.807, 2.05) is 0 Å². The molecule has 3 aliphatic heterocycles. The third kappa shape index (κ3) is 4.34. The van der Waals surface area contributed by atoms with E-state index in [9.17, 15) is 0 Å². The summed E-state index contributed by atoms with van der Waals surface area (Å²) < 4.78 is 19.3. The van der Waals surface area contributed by atoms with E-state index in [1.165, 1.54) is 16.7 Å². The van der Waals surface area contributed by atoms with Crippen molar-refractivity contribution in [3.63, 3.8) is 0 Å². The first-order chi connectivity index (χ1) is 14.2. The van der Waals surface area contributed by atoms with Crippen molar-refractivity contribution in [2.24, 2.45) is 5.92 Å². The molecule has 1 saturated carbocycles. The van der Waals surface area contributed by atoms with Gasteiger partial charge in [-0.3, -0.25) is 0 Å². The summed E-state index contributed by atoms with van der Waals surface area (Å²) in [6.07, 6.45) is 12.5. The van der Waals surface area contributed by atoms with Crippen molar-refractivity contribution in [1.29, 1.82) is 0 Å². The second-order valence-corrected chi connectivity index (χ2v) is 10.7. The molecule has 1 saturated heterocycles. The summed E-state index contributed by atoms with van der Waals surface area (Å²) in [6, 6.07) is 0. The van der Waals surface area contributed by atoms with Gasteiger partial charge in [-0.1, -0.05) is 28.9 Å². The van der Waals surface area contributed by atoms with Gasteiger partial charge in [-0.15, -0.1) is 23.2 Å². The summed E-state index contributed by atoms with van der Waals surface area (Å²) in [6.45, 7) is 10.7. The van der Waals surface area contributed by atoms with E-state index in [0.29, 0.717) is 5.88 Å². The molecule has 5 heteroatoms. The highest BCUT2D eigenvalue weighted by Gasteiger charge is 2.68. The fourth-order valence-corrected chi connectivity index (χ4v) is 5.84. The van der Waals surface area contributed by atoms with Crippen LogP contribution in [0.1, 0.15) is 60.3 Å². The molecule has 1 spiro atoms. The molecule has 30 heavy (non-hydrogen) atoms. The molecule has 0 bridgehead atoms. The van der Waals surface area contributed by atoms with Gasteiger partial charge in [0.05, 0.1) is 17.6 Å². The van der Waals surface area contributed by atoms with E-state index in [-0.39, 0.29) is 35.2 Å². The quantitative estimate of drug-likeness (QED) is 0.272. The normalized spacial score (nSPS) is 42.8. The van der Waals surface area contributed by atoms with Crippen LogP contribution < -0.4 is 0 Å². The predicted octanol–water partition coefficient (Wildman–Crippen LogP) is 6.46. The number of fused-ring (bicyclic) bond motifs is 3. The average molecular weight is 453 g/mol. The molecule has 3 heterocycles. The van der Waals surface area contributed by atoms with E-state index in [4.69, 9.17) is 37.4 Å². The van der Waals surface area contributed by atoms with Gasteiger partial charge in [0.2, 0.25) is 5.79 Å². The maximum Gasteiger partial charge on any atom is 0.209 e. The minimum absolute atomic E-state index is 0.00146. The predicted molar refractivity (Wildman–Crippen MR) is 123 cm³/mol. The summed E-state index contributed by atoms with van der Waals surface area (Å²) >= 11 is 13.0. The topological polar surface area (TPSA) is 31.0 Å². The lowest BCUT2D eigenvalue weighted by molar-refractivity contribution is -0.238. The molecule has 4 aliphatic rings. The highest BCUT2D eigenvalue weighted by molar-refractivity contribution is 6.22. The van der Waals surface area contributed by atoms with Crippen molar-refractivity contribution < 1.29 is 14.2 Å². The van der Waals surface area contributed by atoms with Gasteiger partial charge in [-0.05, 0) is 78.0 Å². The van der Waals surface area contributed by atoms with Gasteiger partial charge < -0.3 is 14.2 Å². The zero-order chi connectivity index (χ0) is 21.7. The van der Waals surface area contributed by atoms with Gasteiger partial charge in [0.25, 0.3) is 0 Å². The summed E-state index contributed by atoms with van der Waals surface area (Å²) in [7, 11) is 0. The number of alkyl halides is 2. The Morgan fingerprint density at radius 1 is 1.20 bits per heavy atom. The zero-order valence-corrected chi connectivity index (χ0v) is 20.2. The van der Waals surface area contributed by atoms with E-state index in [1.54, 1.807) is 0 Å². The largest absolute Gasteiger partial charge is 0.362 e. The summed E-state index contributed by atoms with van der Waals surface area (Å²) in [5.74, 6) is -0.228. The van der Waals surface area contributed by atoms with Crippen LogP contribution in [-0.4, -0.2) is 41.0 Å².